The number of allylic oxidation sites excluding steroid dienone is 1. The van der Waals surface area contributed by atoms with Gasteiger partial charge in [0.1, 0.15) is 0 Å². The Bertz CT molecular complexity index is 299. The van der Waals surface area contributed by atoms with Gasteiger partial charge >= 0.3 is 6.36 Å². The zero-order valence-electron chi connectivity index (χ0n) is 7.83. The third kappa shape index (κ3) is 7.34. The maximum absolute atomic E-state index is 11.6. The highest BCUT2D eigenvalue weighted by molar-refractivity contribution is 7.89. The summed E-state index contributed by atoms with van der Waals surface area (Å²) in [5, 5.41) is 3.72. The van der Waals surface area contributed by atoms with Crippen LogP contribution in [0.2, 0.25) is 0 Å². The van der Waals surface area contributed by atoms with Gasteiger partial charge in [-0.05, 0) is 12.8 Å². The molecule has 4 nitrogen and oxygen atoms in total. The van der Waals surface area contributed by atoms with Crippen LogP contribution in [0.5, 0.6) is 0 Å². The van der Waals surface area contributed by atoms with Crippen molar-refractivity contribution in [2.24, 2.45) is 5.14 Å². The van der Waals surface area contributed by atoms with E-state index in [9.17, 15) is 21.6 Å². The Balaban J connectivity index is 4.15. The van der Waals surface area contributed by atoms with Gasteiger partial charge in [-0.1, -0.05) is 6.08 Å². The predicted octanol–water partition coefficient (Wildman–Crippen LogP) is 1.15. The molecule has 0 unspecified atom stereocenters. The highest BCUT2D eigenvalue weighted by atomic mass is 32.2. The molecule has 90 valence electrons. The molecule has 0 rings (SSSR count). The molecule has 0 radical (unpaired) electrons. The van der Waals surface area contributed by atoms with Crippen LogP contribution in [-0.2, 0) is 14.8 Å². The van der Waals surface area contributed by atoms with E-state index < -0.39 is 28.2 Å². The standard InChI is InChI=1S/C7H12F3NO3S/c1-2-3-6(15(11,12)13)4-5-14-7(8,9)10/h2,6H,1,3-5H2,(H2,11,12,13)/t6-/m0/s1. The number of ether oxygens (including phenoxy) is 1. The van der Waals surface area contributed by atoms with Crippen molar-refractivity contribution >= 4 is 10.0 Å². The summed E-state index contributed by atoms with van der Waals surface area (Å²) in [5.74, 6) is 0. The van der Waals surface area contributed by atoms with Gasteiger partial charge in [-0.15, -0.1) is 19.8 Å². The number of hydrogen-bond donors (Lipinski definition) is 1. The van der Waals surface area contributed by atoms with E-state index in [1.807, 2.05) is 0 Å². The molecular formula is C7H12F3NO3S. The quantitative estimate of drug-likeness (QED) is 0.716. The second-order valence-corrected chi connectivity index (χ2v) is 4.66. The maximum atomic E-state index is 11.6. The van der Waals surface area contributed by atoms with E-state index in [1.165, 1.54) is 6.08 Å². The topological polar surface area (TPSA) is 69.4 Å². The first kappa shape index (κ1) is 14.4. The number of halogens is 3. The van der Waals surface area contributed by atoms with Crippen molar-refractivity contribution in [3.8, 4) is 0 Å². The van der Waals surface area contributed by atoms with Gasteiger partial charge < -0.3 is 0 Å². The minimum atomic E-state index is -4.75. The van der Waals surface area contributed by atoms with Crippen LogP contribution in [0.4, 0.5) is 13.2 Å². The number of rotatable bonds is 6. The highest BCUT2D eigenvalue weighted by Gasteiger charge is 2.30. The van der Waals surface area contributed by atoms with Gasteiger partial charge in [-0.3, -0.25) is 4.74 Å². The molecule has 1 atom stereocenters. The Labute approximate surface area is 86.0 Å². The Kier molecular flexibility index (Phi) is 5.26. The van der Waals surface area contributed by atoms with E-state index >= 15 is 0 Å². The second kappa shape index (κ2) is 5.47. The lowest BCUT2D eigenvalue weighted by molar-refractivity contribution is -0.324. The number of sulfonamides is 1. The molecule has 2 N–H and O–H groups in total. The minimum absolute atomic E-state index is 0.0000501. The Morgan fingerprint density at radius 2 is 2.00 bits per heavy atom. The normalized spacial score (nSPS) is 14.9. The summed E-state index contributed by atoms with van der Waals surface area (Å²) in [6, 6.07) is 0. The van der Waals surface area contributed by atoms with Crippen molar-refractivity contribution in [3.05, 3.63) is 12.7 Å². The lowest BCUT2D eigenvalue weighted by Crippen LogP contribution is -2.30. The summed E-state index contributed by atoms with van der Waals surface area (Å²) in [7, 11) is -3.86. The maximum Gasteiger partial charge on any atom is 0.522 e. The molecule has 0 saturated heterocycles. The molecule has 8 heteroatoms. The van der Waals surface area contributed by atoms with Crippen molar-refractivity contribution < 1.29 is 26.3 Å². The summed E-state index contributed by atoms with van der Waals surface area (Å²) >= 11 is 0. The molecule has 0 aliphatic carbocycles. The molecule has 0 aromatic carbocycles. The van der Waals surface area contributed by atoms with Gasteiger partial charge in [0.2, 0.25) is 10.0 Å². The van der Waals surface area contributed by atoms with Crippen LogP contribution in [0, 0.1) is 0 Å². The summed E-state index contributed by atoms with van der Waals surface area (Å²) in [4.78, 5) is 0. The zero-order valence-corrected chi connectivity index (χ0v) is 8.64. The van der Waals surface area contributed by atoms with Gasteiger partial charge in [0.25, 0.3) is 0 Å². The summed E-state index contributed by atoms with van der Waals surface area (Å²) in [6.45, 7) is 2.55. The van der Waals surface area contributed by atoms with Crippen molar-refractivity contribution in [1.82, 2.24) is 0 Å². The summed E-state index contributed by atoms with van der Waals surface area (Å²) in [6.07, 6.45) is -3.79. The third-order valence-corrected chi connectivity index (χ3v) is 2.96. The molecular weight excluding hydrogens is 235 g/mol. The fourth-order valence-electron chi connectivity index (χ4n) is 0.908. The number of alkyl halides is 3. The van der Waals surface area contributed by atoms with Crippen LogP contribution in [0.25, 0.3) is 0 Å². The molecule has 0 spiro atoms. The molecule has 15 heavy (non-hydrogen) atoms. The molecule has 0 aromatic rings. The van der Waals surface area contributed by atoms with Gasteiger partial charge in [0, 0.05) is 0 Å². The molecule has 0 aromatic heterocycles. The largest absolute Gasteiger partial charge is 0.522 e. The lowest BCUT2D eigenvalue weighted by Gasteiger charge is -2.13. The Morgan fingerprint density at radius 1 is 1.47 bits per heavy atom. The van der Waals surface area contributed by atoms with Crippen molar-refractivity contribution in [3.63, 3.8) is 0 Å². The second-order valence-electron chi connectivity index (χ2n) is 2.82. The molecule has 0 aliphatic rings. The number of nitrogens with two attached hydrogens (primary N) is 1. The Hall–Kier alpha value is -0.600. The van der Waals surface area contributed by atoms with E-state index in [0.717, 1.165) is 0 Å². The first-order valence-electron chi connectivity index (χ1n) is 4.00. The smallest absolute Gasteiger partial charge is 0.292 e. The Morgan fingerprint density at radius 3 is 2.33 bits per heavy atom. The predicted molar refractivity (Wildman–Crippen MR) is 48.3 cm³/mol. The third-order valence-electron chi connectivity index (χ3n) is 1.60. The van der Waals surface area contributed by atoms with Crippen LogP contribution in [0.3, 0.4) is 0 Å². The van der Waals surface area contributed by atoms with Gasteiger partial charge in [-0.25, -0.2) is 13.6 Å². The zero-order chi connectivity index (χ0) is 12.1. The van der Waals surface area contributed by atoms with Crippen molar-refractivity contribution in [2.75, 3.05) is 6.61 Å². The molecule has 0 bridgehead atoms. The fourth-order valence-corrected chi connectivity index (χ4v) is 1.74. The average Bonchev–Trinajstić information content (AvgIpc) is 1.98. The van der Waals surface area contributed by atoms with E-state index in [-0.39, 0.29) is 12.8 Å². The van der Waals surface area contributed by atoms with Crippen LogP contribution < -0.4 is 5.14 Å². The fraction of sp³-hybridized carbons (Fsp3) is 0.714. The molecule has 0 fully saturated rings. The summed E-state index contributed by atoms with van der Waals surface area (Å²) in [5.41, 5.74) is 0. The SMILES string of the molecule is C=CC[C@@H](CCOC(F)(F)F)S(N)(=O)=O. The lowest BCUT2D eigenvalue weighted by atomic mass is 10.2. The van der Waals surface area contributed by atoms with Gasteiger partial charge in [0.05, 0.1) is 11.9 Å². The molecule has 0 amide bonds. The van der Waals surface area contributed by atoms with Crippen LogP contribution >= 0.6 is 0 Å². The van der Waals surface area contributed by atoms with E-state index in [0.29, 0.717) is 0 Å². The monoisotopic (exact) mass is 247 g/mol. The number of primary sulfonamides is 1. The first-order chi connectivity index (χ1) is 6.67. The minimum Gasteiger partial charge on any atom is -0.292 e. The van der Waals surface area contributed by atoms with E-state index in [4.69, 9.17) is 5.14 Å². The first-order valence-corrected chi connectivity index (χ1v) is 5.61. The summed E-state index contributed by atoms with van der Waals surface area (Å²) < 4.78 is 59.9. The molecule has 0 aliphatic heterocycles. The van der Waals surface area contributed by atoms with Gasteiger partial charge in [-0.2, -0.15) is 0 Å². The van der Waals surface area contributed by atoms with Gasteiger partial charge in [0.15, 0.2) is 0 Å². The van der Waals surface area contributed by atoms with Crippen molar-refractivity contribution in [1.29, 1.82) is 0 Å². The van der Waals surface area contributed by atoms with E-state index in [2.05, 4.69) is 11.3 Å². The molecule has 0 heterocycles. The molecule has 0 saturated carbocycles. The highest BCUT2D eigenvalue weighted by Crippen LogP contribution is 2.18. The number of hydrogen-bond acceptors (Lipinski definition) is 3. The van der Waals surface area contributed by atoms with E-state index in [1.54, 1.807) is 0 Å². The average molecular weight is 247 g/mol. The van der Waals surface area contributed by atoms with Crippen LogP contribution in [0.1, 0.15) is 12.8 Å². The van der Waals surface area contributed by atoms with Crippen LogP contribution in [0.15, 0.2) is 12.7 Å². The van der Waals surface area contributed by atoms with Crippen LogP contribution in [-0.4, -0.2) is 26.6 Å². The van der Waals surface area contributed by atoms with Crippen molar-refractivity contribution in [2.45, 2.75) is 24.5 Å².